The highest BCUT2D eigenvalue weighted by molar-refractivity contribution is 7.90. The molecule has 7 heteroatoms. The fraction of sp³-hybridized carbons (Fsp3) is 0.875. The number of hydrogen-bond donors (Lipinski definition) is 3. The van der Waals surface area contributed by atoms with Crippen molar-refractivity contribution in [3.63, 3.8) is 0 Å². The van der Waals surface area contributed by atoms with Gasteiger partial charge in [-0.2, -0.15) is 0 Å². The highest BCUT2D eigenvalue weighted by Gasteiger charge is 2.30. The first-order chi connectivity index (χ1) is 6.97. The van der Waals surface area contributed by atoms with Gasteiger partial charge in [0.15, 0.2) is 5.84 Å². The van der Waals surface area contributed by atoms with Gasteiger partial charge in [-0.15, -0.1) is 0 Å². The maximum Gasteiger partial charge on any atom is 0.215 e. The van der Waals surface area contributed by atoms with Gasteiger partial charge in [-0.25, -0.2) is 13.1 Å². The van der Waals surface area contributed by atoms with E-state index < -0.39 is 16.1 Å². The van der Waals surface area contributed by atoms with Crippen LogP contribution in [0.1, 0.15) is 32.6 Å². The number of nitrogens with two attached hydrogens (primary N) is 1. The lowest BCUT2D eigenvalue weighted by molar-refractivity contribution is 0.316. The Bertz CT molecular complexity index is 333. The largest absolute Gasteiger partial charge is 0.409 e. The van der Waals surface area contributed by atoms with E-state index in [-0.39, 0.29) is 11.1 Å². The SMILES string of the molecule is CC(NS(=O)(=O)C1CCCC1)C(N)=NO. The molecular weight excluding hydrogens is 218 g/mol. The van der Waals surface area contributed by atoms with E-state index >= 15 is 0 Å². The summed E-state index contributed by atoms with van der Waals surface area (Å²) in [5, 5.41) is 10.8. The van der Waals surface area contributed by atoms with Crippen LogP contribution in [0.15, 0.2) is 5.16 Å². The minimum Gasteiger partial charge on any atom is -0.409 e. The lowest BCUT2D eigenvalue weighted by atomic mass is 10.3. The van der Waals surface area contributed by atoms with E-state index in [4.69, 9.17) is 10.9 Å². The molecule has 6 nitrogen and oxygen atoms in total. The number of amidine groups is 1. The summed E-state index contributed by atoms with van der Waals surface area (Å²) in [6.45, 7) is 1.54. The first-order valence-corrected chi connectivity index (χ1v) is 6.50. The van der Waals surface area contributed by atoms with Gasteiger partial charge in [-0.05, 0) is 19.8 Å². The van der Waals surface area contributed by atoms with Crippen LogP contribution in [0.3, 0.4) is 0 Å². The number of nitrogens with one attached hydrogen (secondary N) is 1. The smallest absolute Gasteiger partial charge is 0.215 e. The van der Waals surface area contributed by atoms with Crippen molar-refractivity contribution in [2.75, 3.05) is 0 Å². The van der Waals surface area contributed by atoms with Gasteiger partial charge < -0.3 is 10.9 Å². The summed E-state index contributed by atoms with van der Waals surface area (Å²) >= 11 is 0. The van der Waals surface area contributed by atoms with Crippen LogP contribution in [0, 0.1) is 0 Å². The van der Waals surface area contributed by atoms with Crippen molar-refractivity contribution in [3.8, 4) is 0 Å². The zero-order chi connectivity index (χ0) is 11.5. The highest BCUT2D eigenvalue weighted by atomic mass is 32.2. The second kappa shape index (κ2) is 4.80. The van der Waals surface area contributed by atoms with Crippen LogP contribution in [0.25, 0.3) is 0 Å². The first-order valence-electron chi connectivity index (χ1n) is 4.96. The molecule has 88 valence electrons. The Balaban J connectivity index is 2.63. The summed E-state index contributed by atoms with van der Waals surface area (Å²) in [7, 11) is -3.34. The van der Waals surface area contributed by atoms with Gasteiger partial charge in [0.1, 0.15) is 0 Å². The van der Waals surface area contributed by atoms with Crippen LogP contribution in [-0.2, 0) is 10.0 Å². The van der Waals surface area contributed by atoms with Crippen LogP contribution in [0.2, 0.25) is 0 Å². The Morgan fingerprint density at radius 1 is 1.53 bits per heavy atom. The molecule has 0 aliphatic heterocycles. The molecule has 4 N–H and O–H groups in total. The van der Waals surface area contributed by atoms with Crippen molar-refractivity contribution in [2.24, 2.45) is 10.9 Å². The maximum absolute atomic E-state index is 11.8. The molecule has 0 radical (unpaired) electrons. The van der Waals surface area contributed by atoms with Crippen molar-refractivity contribution in [1.82, 2.24) is 4.72 Å². The second-order valence-electron chi connectivity index (χ2n) is 3.82. The molecule has 0 bridgehead atoms. The highest BCUT2D eigenvalue weighted by Crippen LogP contribution is 2.24. The zero-order valence-electron chi connectivity index (χ0n) is 8.68. The molecule has 0 saturated heterocycles. The van der Waals surface area contributed by atoms with Crippen molar-refractivity contribution < 1.29 is 13.6 Å². The summed E-state index contributed by atoms with van der Waals surface area (Å²) in [6.07, 6.45) is 3.28. The molecule has 0 aromatic heterocycles. The summed E-state index contributed by atoms with van der Waals surface area (Å²) < 4.78 is 25.9. The number of oxime groups is 1. The molecule has 1 aliphatic carbocycles. The monoisotopic (exact) mass is 235 g/mol. The van der Waals surface area contributed by atoms with Gasteiger partial charge in [0.25, 0.3) is 0 Å². The fourth-order valence-corrected chi connectivity index (χ4v) is 3.45. The number of rotatable bonds is 4. The first kappa shape index (κ1) is 12.3. The second-order valence-corrected chi connectivity index (χ2v) is 5.81. The summed E-state index contributed by atoms with van der Waals surface area (Å²) in [4.78, 5) is 0. The lowest BCUT2D eigenvalue weighted by Gasteiger charge is -2.16. The van der Waals surface area contributed by atoms with Crippen molar-refractivity contribution in [3.05, 3.63) is 0 Å². The Kier molecular flexibility index (Phi) is 3.92. The quantitative estimate of drug-likeness (QED) is 0.276. The van der Waals surface area contributed by atoms with Gasteiger partial charge >= 0.3 is 0 Å². The Labute approximate surface area is 89.6 Å². The van der Waals surface area contributed by atoms with Crippen molar-refractivity contribution >= 4 is 15.9 Å². The van der Waals surface area contributed by atoms with Crippen molar-refractivity contribution in [2.45, 2.75) is 43.9 Å². The molecule has 1 atom stereocenters. The standard InChI is InChI=1S/C8H17N3O3S/c1-6(8(9)10-12)11-15(13,14)7-4-2-3-5-7/h6-7,11-12H,2-5H2,1H3,(H2,9,10). The third kappa shape index (κ3) is 3.07. The van der Waals surface area contributed by atoms with Gasteiger partial charge in [0.05, 0.1) is 11.3 Å². The summed E-state index contributed by atoms with van der Waals surface area (Å²) in [5.41, 5.74) is 5.30. The minimum atomic E-state index is -3.34. The molecule has 0 aromatic carbocycles. The van der Waals surface area contributed by atoms with E-state index in [0.717, 1.165) is 12.8 Å². The molecular formula is C8H17N3O3S. The van der Waals surface area contributed by atoms with Gasteiger partial charge in [0, 0.05) is 0 Å². The molecule has 1 rings (SSSR count). The summed E-state index contributed by atoms with van der Waals surface area (Å²) in [6, 6.07) is -0.666. The Morgan fingerprint density at radius 2 is 2.07 bits per heavy atom. The predicted molar refractivity (Wildman–Crippen MR) is 57.2 cm³/mol. The van der Waals surface area contributed by atoms with Gasteiger partial charge in [0.2, 0.25) is 10.0 Å². The molecule has 1 unspecified atom stereocenters. The molecule has 0 spiro atoms. The molecule has 0 amide bonds. The average Bonchev–Trinajstić information content (AvgIpc) is 2.69. The molecule has 1 saturated carbocycles. The third-order valence-electron chi connectivity index (χ3n) is 2.64. The Hall–Kier alpha value is -0.820. The van der Waals surface area contributed by atoms with Crippen LogP contribution in [0.5, 0.6) is 0 Å². The third-order valence-corrected chi connectivity index (χ3v) is 4.67. The minimum absolute atomic E-state index is 0.128. The van der Waals surface area contributed by atoms with E-state index in [2.05, 4.69) is 9.88 Å². The van der Waals surface area contributed by atoms with Gasteiger partial charge in [-0.1, -0.05) is 18.0 Å². The van der Waals surface area contributed by atoms with E-state index in [1.54, 1.807) is 6.92 Å². The summed E-state index contributed by atoms with van der Waals surface area (Å²) in [5.74, 6) is -0.128. The predicted octanol–water partition coefficient (Wildman–Crippen LogP) is -0.0167. The van der Waals surface area contributed by atoms with E-state index in [1.807, 2.05) is 0 Å². The van der Waals surface area contributed by atoms with Crippen LogP contribution in [-0.4, -0.2) is 30.8 Å². The van der Waals surface area contributed by atoms with E-state index in [9.17, 15) is 8.42 Å². The van der Waals surface area contributed by atoms with Gasteiger partial charge in [-0.3, -0.25) is 0 Å². The molecule has 1 fully saturated rings. The van der Waals surface area contributed by atoms with E-state index in [0.29, 0.717) is 12.8 Å². The van der Waals surface area contributed by atoms with Crippen LogP contribution < -0.4 is 10.5 Å². The van der Waals surface area contributed by atoms with Crippen LogP contribution in [0.4, 0.5) is 0 Å². The number of nitrogens with zero attached hydrogens (tertiary/aromatic N) is 1. The zero-order valence-corrected chi connectivity index (χ0v) is 9.50. The number of sulfonamides is 1. The topological polar surface area (TPSA) is 105 Å². The number of hydrogen-bond acceptors (Lipinski definition) is 4. The average molecular weight is 235 g/mol. The fourth-order valence-electron chi connectivity index (χ4n) is 1.69. The lowest BCUT2D eigenvalue weighted by Crippen LogP contribution is -2.45. The van der Waals surface area contributed by atoms with E-state index in [1.165, 1.54) is 0 Å². The molecule has 0 aromatic rings. The van der Waals surface area contributed by atoms with Crippen molar-refractivity contribution in [1.29, 1.82) is 0 Å². The molecule has 15 heavy (non-hydrogen) atoms. The molecule has 0 heterocycles. The Morgan fingerprint density at radius 3 is 2.53 bits per heavy atom. The normalized spacial score (nSPS) is 21.8. The van der Waals surface area contributed by atoms with Crippen LogP contribution >= 0.6 is 0 Å². The molecule has 1 aliphatic rings. The maximum atomic E-state index is 11.8.